The Morgan fingerprint density at radius 2 is 1.69 bits per heavy atom. The molecule has 2 N–H and O–H groups in total. The van der Waals surface area contributed by atoms with Gasteiger partial charge in [-0.1, -0.05) is 42.5 Å². The Morgan fingerprint density at radius 1 is 1.08 bits per heavy atom. The van der Waals surface area contributed by atoms with E-state index in [2.05, 4.69) is 5.32 Å². The molecule has 2 atom stereocenters. The maximum absolute atomic E-state index is 12.0. The lowest BCUT2D eigenvalue weighted by molar-refractivity contribution is 0.109. The van der Waals surface area contributed by atoms with Gasteiger partial charge < -0.3 is 15.2 Å². The SMILES string of the molecule is C[C@H](O)[C@@H](Cc1ccc(S(C)(=O)=O)cc1)NC(=O)OCc1ccccc1. The van der Waals surface area contributed by atoms with Crippen molar-refractivity contribution in [1.29, 1.82) is 0 Å². The molecule has 0 heterocycles. The molecule has 0 aliphatic rings. The first-order valence-corrected chi connectivity index (χ1v) is 10.1. The van der Waals surface area contributed by atoms with Gasteiger partial charge >= 0.3 is 6.09 Å². The predicted molar refractivity (Wildman–Crippen MR) is 98.5 cm³/mol. The molecule has 0 aromatic heterocycles. The number of amides is 1. The number of rotatable bonds is 7. The minimum atomic E-state index is -3.26. The second-order valence-corrected chi connectivity index (χ2v) is 8.19. The van der Waals surface area contributed by atoms with Gasteiger partial charge in [-0.15, -0.1) is 0 Å². The Hall–Kier alpha value is -2.38. The first-order chi connectivity index (χ1) is 12.3. The van der Waals surface area contributed by atoms with Gasteiger partial charge in [0.2, 0.25) is 0 Å². The summed E-state index contributed by atoms with van der Waals surface area (Å²) in [5.74, 6) is 0. The molecular formula is C19H23NO5S. The number of carbonyl (C=O) groups is 1. The Labute approximate surface area is 153 Å². The fourth-order valence-electron chi connectivity index (χ4n) is 2.39. The molecule has 140 valence electrons. The highest BCUT2D eigenvalue weighted by Crippen LogP contribution is 2.13. The normalized spacial score (nSPS) is 13.7. The molecule has 0 fully saturated rings. The third-order valence-corrected chi connectivity index (χ3v) is 5.03. The van der Waals surface area contributed by atoms with Gasteiger partial charge in [0, 0.05) is 6.26 Å². The van der Waals surface area contributed by atoms with Crippen LogP contribution in [0.1, 0.15) is 18.1 Å². The van der Waals surface area contributed by atoms with Crippen LogP contribution in [-0.2, 0) is 27.6 Å². The topological polar surface area (TPSA) is 92.7 Å². The van der Waals surface area contributed by atoms with E-state index in [4.69, 9.17) is 4.74 Å². The number of hydrogen-bond acceptors (Lipinski definition) is 5. The van der Waals surface area contributed by atoms with Crippen molar-refractivity contribution in [1.82, 2.24) is 5.32 Å². The third kappa shape index (κ3) is 6.16. The zero-order valence-corrected chi connectivity index (χ0v) is 15.6. The van der Waals surface area contributed by atoms with Crippen molar-refractivity contribution in [3.8, 4) is 0 Å². The van der Waals surface area contributed by atoms with Crippen LogP contribution in [0.2, 0.25) is 0 Å². The van der Waals surface area contributed by atoms with E-state index in [1.165, 1.54) is 12.1 Å². The lowest BCUT2D eigenvalue weighted by Crippen LogP contribution is -2.43. The van der Waals surface area contributed by atoms with Gasteiger partial charge in [0.05, 0.1) is 17.0 Å². The van der Waals surface area contributed by atoms with E-state index in [0.29, 0.717) is 6.42 Å². The largest absolute Gasteiger partial charge is 0.445 e. The zero-order valence-electron chi connectivity index (χ0n) is 14.8. The van der Waals surface area contributed by atoms with Gasteiger partial charge in [-0.05, 0) is 36.6 Å². The zero-order chi connectivity index (χ0) is 19.2. The molecule has 6 nitrogen and oxygen atoms in total. The summed E-state index contributed by atoms with van der Waals surface area (Å²) in [6.45, 7) is 1.72. The maximum Gasteiger partial charge on any atom is 0.407 e. The Balaban J connectivity index is 1.94. The lowest BCUT2D eigenvalue weighted by atomic mass is 10.0. The quantitative estimate of drug-likeness (QED) is 0.772. The van der Waals surface area contributed by atoms with Crippen molar-refractivity contribution < 1.29 is 23.1 Å². The Kier molecular flexibility index (Phi) is 6.76. The van der Waals surface area contributed by atoms with Crippen LogP contribution in [0.4, 0.5) is 4.79 Å². The number of aliphatic hydroxyl groups excluding tert-OH is 1. The predicted octanol–water partition coefficient (Wildman–Crippen LogP) is 2.31. The average Bonchev–Trinajstić information content (AvgIpc) is 2.60. The summed E-state index contributed by atoms with van der Waals surface area (Å²) in [6, 6.07) is 15.1. The molecule has 2 aromatic carbocycles. The van der Waals surface area contributed by atoms with Crippen molar-refractivity contribution in [2.45, 2.75) is 37.0 Å². The summed E-state index contributed by atoms with van der Waals surface area (Å²) in [6.07, 6.45) is 0.0777. The van der Waals surface area contributed by atoms with Crippen LogP contribution < -0.4 is 5.32 Å². The van der Waals surface area contributed by atoms with Crippen LogP contribution in [0.3, 0.4) is 0 Å². The summed E-state index contributed by atoms with van der Waals surface area (Å²) in [5, 5.41) is 12.6. The van der Waals surface area contributed by atoms with Crippen LogP contribution in [0.5, 0.6) is 0 Å². The highest BCUT2D eigenvalue weighted by atomic mass is 32.2. The number of hydrogen-bond donors (Lipinski definition) is 2. The first-order valence-electron chi connectivity index (χ1n) is 8.20. The summed E-state index contributed by atoms with van der Waals surface area (Å²) < 4.78 is 28.2. The van der Waals surface area contributed by atoms with Crippen molar-refractivity contribution in [3.63, 3.8) is 0 Å². The van der Waals surface area contributed by atoms with Crippen molar-refractivity contribution >= 4 is 15.9 Å². The van der Waals surface area contributed by atoms with Crippen LogP contribution in [-0.4, -0.2) is 38.0 Å². The second kappa shape index (κ2) is 8.82. The van der Waals surface area contributed by atoms with Gasteiger partial charge in [-0.25, -0.2) is 13.2 Å². The van der Waals surface area contributed by atoms with Crippen molar-refractivity contribution in [2.75, 3.05) is 6.26 Å². The molecule has 2 rings (SSSR count). The van der Waals surface area contributed by atoms with Crippen LogP contribution in [0.25, 0.3) is 0 Å². The molecule has 0 aliphatic heterocycles. The molecule has 0 radical (unpaired) electrons. The molecule has 0 aliphatic carbocycles. The molecule has 0 saturated carbocycles. The maximum atomic E-state index is 12.0. The van der Waals surface area contributed by atoms with Gasteiger partial charge in [0.1, 0.15) is 6.61 Å². The van der Waals surface area contributed by atoms with Gasteiger partial charge in [0.25, 0.3) is 0 Å². The first kappa shape index (κ1) is 19.9. The van der Waals surface area contributed by atoms with Crippen LogP contribution in [0, 0.1) is 0 Å². The molecule has 2 aromatic rings. The Morgan fingerprint density at radius 3 is 2.23 bits per heavy atom. The number of nitrogens with one attached hydrogen (secondary N) is 1. The van der Waals surface area contributed by atoms with E-state index in [9.17, 15) is 18.3 Å². The van der Waals surface area contributed by atoms with Crippen LogP contribution in [0.15, 0.2) is 59.5 Å². The lowest BCUT2D eigenvalue weighted by Gasteiger charge is -2.21. The fraction of sp³-hybridized carbons (Fsp3) is 0.316. The van der Waals surface area contributed by atoms with E-state index in [1.54, 1.807) is 19.1 Å². The van der Waals surface area contributed by atoms with E-state index in [1.807, 2.05) is 30.3 Å². The number of alkyl carbamates (subject to hydrolysis) is 1. The van der Waals surface area contributed by atoms with Crippen molar-refractivity contribution in [2.24, 2.45) is 0 Å². The highest BCUT2D eigenvalue weighted by molar-refractivity contribution is 7.90. The summed E-state index contributed by atoms with van der Waals surface area (Å²) in [7, 11) is -3.26. The van der Waals surface area contributed by atoms with Gasteiger partial charge in [0.15, 0.2) is 9.84 Å². The number of ether oxygens (including phenoxy) is 1. The van der Waals surface area contributed by atoms with Gasteiger partial charge in [-0.2, -0.15) is 0 Å². The van der Waals surface area contributed by atoms with Gasteiger partial charge in [-0.3, -0.25) is 0 Å². The fourth-order valence-corrected chi connectivity index (χ4v) is 3.02. The van der Waals surface area contributed by atoms with Crippen molar-refractivity contribution in [3.05, 3.63) is 65.7 Å². The number of aliphatic hydroxyl groups is 1. The van der Waals surface area contributed by atoms with E-state index in [0.717, 1.165) is 17.4 Å². The number of sulfone groups is 1. The molecule has 0 saturated heterocycles. The summed E-state index contributed by atoms with van der Waals surface area (Å²) >= 11 is 0. The Bertz CT molecular complexity index is 817. The number of benzene rings is 2. The van der Waals surface area contributed by atoms with E-state index in [-0.39, 0.29) is 11.5 Å². The molecular weight excluding hydrogens is 354 g/mol. The summed E-state index contributed by atoms with van der Waals surface area (Å²) in [4.78, 5) is 12.2. The monoisotopic (exact) mass is 377 g/mol. The van der Waals surface area contributed by atoms with E-state index < -0.39 is 28.1 Å². The molecule has 7 heteroatoms. The molecule has 1 amide bonds. The second-order valence-electron chi connectivity index (χ2n) is 6.17. The highest BCUT2D eigenvalue weighted by Gasteiger charge is 2.19. The molecule has 0 bridgehead atoms. The average molecular weight is 377 g/mol. The standard InChI is InChI=1S/C19H23NO5S/c1-14(21)18(12-15-8-10-17(11-9-15)26(2,23)24)20-19(22)25-13-16-6-4-3-5-7-16/h3-11,14,18,21H,12-13H2,1-2H3,(H,20,22)/t14-,18+/m0/s1. The third-order valence-electron chi connectivity index (χ3n) is 3.91. The van der Waals surface area contributed by atoms with E-state index >= 15 is 0 Å². The minimum absolute atomic E-state index is 0.141. The minimum Gasteiger partial charge on any atom is -0.445 e. The number of carbonyl (C=O) groups excluding carboxylic acids is 1. The summed E-state index contributed by atoms with van der Waals surface area (Å²) in [5.41, 5.74) is 1.67. The van der Waals surface area contributed by atoms with Crippen LogP contribution >= 0.6 is 0 Å². The smallest absolute Gasteiger partial charge is 0.407 e. The molecule has 0 spiro atoms. The molecule has 0 unspecified atom stereocenters. The molecule has 26 heavy (non-hydrogen) atoms.